The van der Waals surface area contributed by atoms with Crippen molar-refractivity contribution in [3.8, 4) is 0 Å². The third-order valence-corrected chi connectivity index (χ3v) is 5.13. The summed E-state index contributed by atoms with van der Waals surface area (Å²) in [6.07, 6.45) is 13.6. The Morgan fingerprint density at radius 3 is 2.18 bits per heavy atom. The minimum Gasteiger partial charge on any atom is -0.377 e. The van der Waals surface area contributed by atoms with Gasteiger partial charge >= 0.3 is 0 Å². The lowest BCUT2D eigenvalue weighted by Gasteiger charge is -2.42. The summed E-state index contributed by atoms with van der Waals surface area (Å²) in [5.74, 6) is 0.961. The summed E-state index contributed by atoms with van der Waals surface area (Å²) < 4.78 is 6.02. The third kappa shape index (κ3) is 3.03. The van der Waals surface area contributed by atoms with E-state index < -0.39 is 0 Å². The number of ether oxygens (including phenoxy) is 1. The van der Waals surface area contributed by atoms with Gasteiger partial charge in [-0.2, -0.15) is 0 Å². The molecule has 2 heteroatoms. The van der Waals surface area contributed by atoms with Gasteiger partial charge in [-0.25, -0.2) is 0 Å². The molecule has 100 valence electrons. The van der Waals surface area contributed by atoms with Crippen LogP contribution in [0.25, 0.3) is 0 Å². The Bertz CT molecular complexity index is 217. The SMILES string of the molecule is CNC(CC1CCC1)C1(OC)CCCCCC1. The zero-order chi connectivity index (χ0) is 12.1. The lowest BCUT2D eigenvalue weighted by molar-refractivity contribution is -0.0590. The second-order valence-electron chi connectivity index (χ2n) is 6.06. The maximum absolute atomic E-state index is 6.02. The van der Waals surface area contributed by atoms with Gasteiger partial charge < -0.3 is 10.1 Å². The first-order valence-corrected chi connectivity index (χ1v) is 7.53. The summed E-state index contributed by atoms with van der Waals surface area (Å²) in [4.78, 5) is 0. The van der Waals surface area contributed by atoms with Crippen molar-refractivity contribution in [3.05, 3.63) is 0 Å². The standard InChI is InChI=1S/C15H29NO/c1-16-14(12-13-8-7-9-13)15(17-2)10-5-3-4-6-11-15/h13-14,16H,3-12H2,1-2H3. The molecular formula is C15H29NO. The van der Waals surface area contributed by atoms with E-state index in [1.165, 1.54) is 64.2 Å². The molecule has 0 bridgehead atoms. The zero-order valence-electron chi connectivity index (χ0n) is 11.6. The smallest absolute Gasteiger partial charge is 0.0830 e. The Balaban J connectivity index is 2.00. The maximum Gasteiger partial charge on any atom is 0.0830 e. The monoisotopic (exact) mass is 239 g/mol. The van der Waals surface area contributed by atoms with Gasteiger partial charge in [-0.15, -0.1) is 0 Å². The summed E-state index contributed by atoms with van der Waals surface area (Å²) in [6.45, 7) is 0. The summed E-state index contributed by atoms with van der Waals surface area (Å²) in [5, 5.41) is 3.57. The van der Waals surface area contributed by atoms with Crippen LogP contribution in [0, 0.1) is 5.92 Å². The van der Waals surface area contributed by atoms with Gasteiger partial charge in [0, 0.05) is 13.2 Å². The highest BCUT2D eigenvalue weighted by Crippen LogP contribution is 2.38. The minimum absolute atomic E-state index is 0.126. The summed E-state index contributed by atoms with van der Waals surface area (Å²) in [5.41, 5.74) is 0.126. The van der Waals surface area contributed by atoms with Crippen LogP contribution in [0.2, 0.25) is 0 Å². The van der Waals surface area contributed by atoms with E-state index in [1.807, 2.05) is 7.11 Å². The minimum atomic E-state index is 0.126. The van der Waals surface area contributed by atoms with Crippen molar-refractivity contribution >= 4 is 0 Å². The third-order valence-electron chi connectivity index (χ3n) is 5.13. The Labute approximate surface area is 107 Å². The average molecular weight is 239 g/mol. The van der Waals surface area contributed by atoms with E-state index in [-0.39, 0.29) is 5.60 Å². The van der Waals surface area contributed by atoms with Crippen LogP contribution in [-0.4, -0.2) is 25.8 Å². The summed E-state index contributed by atoms with van der Waals surface area (Å²) >= 11 is 0. The molecule has 2 aliphatic rings. The van der Waals surface area contributed by atoms with Crippen LogP contribution in [0.3, 0.4) is 0 Å². The van der Waals surface area contributed by atoms with E-state index in [1.54, 1.807) is 0 Å². The topological polar surface area (TPSA) is 21.3 Å². The molecule has 0 aromatic rings. The van der Waals surface area contributed by atoms with Crippen molar-refractivity contribution in [2.24, 2.45) is 5.92 Å². The molecule has 1 unspecified atom stereocenters. The fourth-order valence-corrected chi connectivity index (χ4v) is 3.68. The molecule has 0 heterocycles. The Kier molecular flexibility index (Phi) is 4.87. The number of methoxy groups -OCH3 is 1. The Morgan fingerprint density at radius 2 is 1.76 bits per heavy atom. The molecule has 0 saturated heterocycles. The molecule has 0 aliphatic heterocycles. The number of nitrogens with one attached hydrogen (secondary N) is 1. The molecule has 2 aliphatic carbocycles. The molecule has 0 aromatic heterocycles. The molecular weight excluding hydrogens is 210 g/mol. The first kappa shape index (κ1) is 13.4. The predicted molar refractivity (Wildman–Crippen MR) is 72.2 cm³/mol. The largest absolute Gasteiger partial charge is 0.377 e. The number of hydrogen-bond donors (Lipinski definition) is 1. The number of rotatable bonds is 5. The van der Waals surface area contributed by atoms with Gasteiger partial charge in [-0.3, -0.25) is 0 Å². The van der Waals surface area contributed by atoms with Crippen LogP contribution in [0.4, 0.5) is 0 Å². The van der Waals surface area contributed by atoms with E-state index in [9.17, 15) is 0 Å². The fourth-order valence-electron chi connectivity index (χ4n) is 3.68. The van der Waals surface area contributed by atoms with E-state index in [0.29, 0.717) is 6.04 Å². The normalized spacial score (nSPS) is 27.2. The first-order valence-electron chi connectivity index (χ1n) is 7.53. The molecule has 2 saturated carbocycles. The predicted octanol–water partition coefficient (Wildman–Crippen LogP) is 3.50. The molecule has 2 rings (SSSR count). The van der Waals surface area contributed by atoms with Gasteiger partial charge in [-0.05, 0) is 32.2 Å². The van der Waals surface area contributed by atoms with Crippen LogP contribution in [0.1, 0.15) is 64.2 Å². The van der Waals surface area contributed by atoms with Gasteiger partial charge in [0.25, 0.3) is 0 Å². The van der Waals surface area contributed by atoms with Crippen LogP contribution in [0.5, 0.6) is 0 Å². The Morgan fingerprint density at radius 1 is 1.12 bits per heavy atom. The molecule has 2 nitrogen and oxygen atoms in total. The first-order chi connectivity index (χ1) is 8.30. The van der Waals surface area contributed by atoms with Gasteiger partial charge in [0.2, 0.25) is 0 Å². The van der Waals surface area contributed by atoms with Gasteiger partial charge in [-0.1, -0.05) is 44.9 Å². The van der Waals surface area contributed by atoms with Crippen molar-refractivity contribution < 1.29 is 4.74 Å². The molecule has 0 amide bonds. The van der Waals surface area contributed by atoms with Crippen LogP contribution < -0.4 is 5.32 Å². The van der Waals surface area contributed by atoms with Crippen LogP contribution >= 0.6 is 0 Å². The molecule has 17 heavy (non-hydrogen) atoms. The highest BCUT2D eigenvalue weighted by Gasteiger charge is 2.39. The molecule has 1 N–H and O–H groups in total. The molecule has 1 atom stereocenters. The second kappa shape index (κ2) is 6.19. The molecule has 0 radical (unpaired) electrons. The highest BCUT2D eigenvalue weighted by molar-refractivity contribution is 4.95. The van der Waals surface area contributed by atoms with E-state index in [2.05, 4.69) is 12.4 Å². The molecule has 0 aromatic carbocycles. The average Bonchev–Trinajstić information content (AvgIpc) is 2.54. The van der Waals surface area contributed by atoms with Crippen molar-refractivity contribution in [3.63, 3.8) is 0 Å². The summed E-state index contributed by atoms with van der Waals surface area (Å²) in [7, 11) is 4.05. The zero-order valence-corrected chi connectivity index (χ0v) is 11.6. The highest BCUT2D eigenvalue weighted by atomic mass is 16.5. The lowest BCUT2D eigenvalue weighted by atomic mass is 9.75. The van der Waals surface area contributed by atoms with E-state index in [4.69, 9.17) is 4.74 Å². The van der Waals surface area contributed by atoms with E-state index in [0.717, 1.165) is 5.92 Å². The van der Waals surface area contributed by atoms with Crippen molar-refractivity contribution in [1.29, 1.82) is 0 Å². The lowest BCUT2D eigenvalue weighted by Crippen LogP contribution is -2.52. The van der Waals surface area contributed by atoms with Crippen molar-refractivity contribution in [1.82, 2.24) is 5.32 Å². The molecule has 0 spiro atoms. The Hall–Kier alpha value is -0.0800. The van der Waals surface area contributed by atoms with E-state index >= 15 is 0 Å². The second-order valence-corrected chi connectivity index (χ2v) is 6.06. The number of likely N-dealkylation sites (N-methyl/N-ethyl adjacent to an activating group) is 1. The van der Waals surface area contributed by atoms with Gasteiger partial charge in [0.05, 0.1) is 5.60 Å². The maximum atomic E-state index is 6.02. The van der Waals surface area contributed by atoms with Crippen molar-refractivity contribution in [2.75, 3.05) is 14.2 Å². The van der Waals surface area contributed by atoms with Crippen LogP contribution in [-0.2, 0) is 4.74 Å². The van der Waals surface area contributed by atoms with Crippen LogP contribution in [0.15, 0.2) is 0 Å². The van der Waals surface area contributed by atoms with Gasteiger partial charge in [0.15, 0.2) is 0 Å². The van der Waals surface area contributed by atoms with Gasteiger partial charge in [0.1, 0.15) is 0 Å². The summed E-state index contributed by atoms with van der Waals surface area (Å²) in [6, 6.07) is 0.566. The number of hydrogen-bond acceptors (Lipinski definition) is 2. The quantitative estimate of drug-likeness (QED) is 0.741. The van der Waals surface area contributed by atoms with Crippen molar-refractivity contribution in [2.45, 2.75) is 75.9 Å². The molecule has 2 fully saturated rings. The fraction of sp³-hybridized carbons (Fsp3) is 1.00.